The van der Waals surface area contributed by atoms with Crippen molar-refractivity contribution in [1.29, 1.82) is 0 Å². The van der Waals surface area contributed by atoms with E-state index in [-0.39, 0.29) is 19.6 Å². The lowest BCUT2D eigenvalue weighted by Gasteiger charge is -2.30. The van der Waals surface area contributed by atoms with Gasteiger partial charge < -0.3 is 19.9 Å². The zero-order chi connectivity index (χ0) is 18.7. The Hall–Kier alpha value is -2.73. The second-order valence-corrected chi connectivity index (χ2v) is 6.42. The van der Waals surface area contributed by atoms with Crippen LogP contribution in [-0.4, -0.2) is 23.8 Å². The van der Waals surface area contributed by atoms with Crippen molar-refractivity contribution in [2.75, 3.05) is 6.79 Å². The summed E-state index contributed by atoms with van der Waals surface area (Å²) in [5, 5.41) is 13.0. The molecular weight excluding hydrogens is 358 g/mol. The van der Waals surface area contributed by atoms with Crippen LogP contribution in [0.15, 0.2) is 42.5 Å². The maximum Gasteiger partial charge on any atom is 0.334 e. The SMILES string of the molecule is CCC(NC(=O)Cc1ccc2c(c1)OCO2)(C(=O)O)c1ccc(Cl)cc1. The zero-order valence-corrected chi connectivity index (χ0v) is 14.9. The summed E-state index contributed by atoms with van der Waals surface area (Å²) in [7, 11) is 0. The highest BCUT2D eigenvalue weighted by atomic mass is 35.5. The first-order valence-electron chi connectivity index (χ1n) is 8.13. The Balaban J connectivity index is 1.81. The van der Waals surface area contributed by atoms with Gasteiger partial charge in [0.05, 0.1) is 6.42 Å². The van der Waals surface area contributed by atoms with Gasteiger partial charge in [0.1, 0.15) is 0 Å². The number of carbonyl (C=O) groups excluding carboxylic acids is 1. The lowest BCUT2D eigenvalue weighted by atomic mass is 9.87. The molecular formula is C19H18ClNO5. The van der Waals surface area contributed by atoms with Crippen LogP contribution in [0.5, 0.6) is 11.5 Å². The number of aliphatic carboxylic acids is 1. The number of carboxylic acids is 1. The molecule has 3 rings (SSSR count). The summed E-state index contributed by atoms with van der Waals surface area (Å²) in [6.45, 7) is 1.86. The standard InChI is InChI=1S/C19H18ClNO5/c1-2-19(18(23)24,13-4-6-14(20)7-5-13)21-17(22)10-12-3-8-15-16(9-12)26-11-25-15/h3-9H,2,10-11H2,1H3,(H,21,22)(H,23,24). The molecule has 136 valence electrons. The fourth-order valence-corrected chi connectivity index (χ4v) is 3.07. The molecule has 2 N–H and O–H groups in total. The minimum atomic E-state index is -1.52. The van der Waals surface area contributed by atoms with E-state index in [9.17, 15) is 14.7 Å². The average Bonchev–Trinajstić information content (AvgIpc) is 3.08. The van der Waals surface area contributed by atoms with E-state index in [1.165, 1.54) is 0 Å². The zero-order valence-electron chi connectivity index (χ0n) is 14.1. The molecule has 0 aliphatic carbocycles. The first-order valence-corrected chi connectivity index (χ1v) is 8.51. The molecule has 1 aliphatic heterocycles. The Bertz CT molecular complexity index is 836. The first-order chi connectivity index (χ1) is 12.4. The van der Waals surface area contributed by atoms with Gasteiger partial charge in [0.2, 0.25) is 12.7 Å². The van der Waals surface area contributed by atoms with Gasteiger partial charge in [0.25, 0.3) is 0 Å². The van der Waals surface area contributed by atoms with Crippen LogP contribution in [0.3, 0.4) is 0 Å². The van der Waals surface area contributed by atoms with Gasteiger partial charge in [-0.15, -0.1) is 0 Å². The summed E-state index contributed by atoms with van der Waals surface area (Å²) in [5.41, 5.74) is -0.341. The summed E-state index contributed by atoms with van der Waals surface area (Å²) in [6, 6.07) is 11.6. The van der Waals surface area contributed by atoms with Gasteiger partial charge in [-0.2, -0.15) is 0 Å². The van der Waals surface area contributed by atoms with Crippen LogP contribution in [0, 0.1) is 0 Å². The summed E-state index contributed by atoms with van der Waals surface area (Å²) in [6.07, 6.45) is 0.218. The molecule has 2 aromatic carbocycles. The highest BCUT2D eigenvalue weighted by molar-refractivity contribution is 6.30. The van der Waals surface area contributed by atoms with E-state index in [2.05, 4.69) is 5.32 Å². The quantitative estimate of drug-likeness (QED) is 0.810. The summed E-state index contributed by atoms with van der Waals surface area (Å²) < 4.78 is 10.5. The van der Waals surface area contributed by atoms with E-state index >= 15 is 0 Å². The lowest BCUT2D eigenvalue weighted by Crippen LogP contribution is -2.52. The van der Waals surface area contributed by atoms with E-state index in [4.69, 9.17) is 21.1 Å². The van der Waals surface area contributed by atoms with Crippen molar-refractivity contribution in [2.24, 2.45) is 0 Å². The predicted octanol–water partition coefficient (Wildman–Crippen LogP) is 3.12. The van der Waals surface area contributed by atoms with Crippen LogP contribution in [0.25, 0.3) is 0 Å². The Labute approximate surface area is 155 Å². The Morgan fingerprint density at radius 1 is 1.15 bits per heavy atom. The number of ether oxygens (including phenoxy) is 2. The van der Waals surface area contributed by atoms with Crippen molar-refractivity contribution in [3.63, 3.8) is 0 Å². The van der Waals surface area contributed by atoms with E-state index in [0.29, 0.717) is 27.6 Å². The largest absolute Gasteiger partial charge is 0.479 e. The molecule has 7 heteroatoms. The normalized spacial score (nSPS) is 14.5. The van der Waals surface area contributed by atoms with Gasteiger partial charge in [0, 0.05) is 5.02 Å². The maximum atomic E-state index is 12.6. The monoisotopic (exact) mass is 375 g/mol. The molecule has 1 atom stereocenters. The van der Waals surface area contributed by atoms with Crippen LogP contribution in [0.2, 0.25) is 5.02 Å². The third-order valence-corrected chi connectivity index (χ3v) is 4.64. The summed E-state index contributed by atoms with van der Waals surface area (Å²) in [4.78, 5) is 24.6. The van der Waals surface area contributed by atoms with Gasteiger partial charge in [-0.1, -0.05) is 36.7 Å². The van der Waals surface area contributed by atoms with E-state index in [1.807, 2.05) is 0 Å². The molecule has 6 nitrogen and oxygen atoms in total. The van der Waals surface area contributed by atoms with Gasteiger partial charge in [-0.3, -0.25) is 4.79 Å². The molecule has 0 saturated heterocycles. The number of fused-ring (bicyclic) bond motifs is 1. The first kappa shape index (κ1) is 18.1. The van der Waals surface area contributed by atoms with Crippen molar-refractivity contribution in [3.05, 3.63) is 58.6 Å². The molecule has 26 heavy (non-hydrogen) atoms. The molecule has 1 unspecified atom stereocenters. The minimum absolute atomic E-state index is 0.0270. The molecule has 1 heterocycles. The van der Waals surface area contributed by atoms with Crippen molar-refractivity contribution in [2.45, 2.75) is 25.3 Å². The fourth-order valence-electron chi connectivity index (χ4n) is 2.95. The van der Waals surface area contributed by atoms with Gasteiger partial charge in [-0.05, 0) is 41.8 Å². The highest BCUT2D eigenvalue weighted by Gasteiger charge is 2.40. The topological polar surface area (TPSA) is 84.9 Å². The van der Waals surface area contributed by atoms with E-state index in [1.54, 1.807) is 49.4 Å². The number of hydrogen-bond acceptors (Lipinski definition) is 4. The fraction of sp³-hybridized carbons (Fsp3) is 0.263. The second-order valence-electron chi connectivity index (χ2n) is 5.98. The van der Waals surface area contributed by atoms with Crippen LogP contribution in [-0.2, 0) is 21.5 Å². The highest BCUT2D eigenvalue weighted by Crippen LogP contribution is 2.33. The predicted molar refractivity (Wildman–Crippen MR) is 95.5 cm³/mol. The molecule has 0 spiro atoms. The van der Waals surface area contributed by atoms with Crippen LogP contribution >= 0.6 is 11.6 Å². The summed E-state index contributed by atoms with van der Waals surface area (Å²) in [5.74, 6) is -0.318. The van der Waals surface area contributed by atoms with E-state index in [0.717, 1.165) is 0 Å². The average molecular weight is 376 g/mol. The second kappa shape index (κ2) is 7.25. The number of rotatable bonds is 6. The molecule has 1 aliphatic rings. The molecule has 0 fully saturated rings. The lowest BCUT2D eigenvalue weighted by molar-refractivity contribution is -0.148. The number of hydrogen-bond donors (Lipinski definition) is 2. The minimum Gasteiger partial charge on any atom is -0.479 e. The Kier molecular flexibility index (Phi) is 5.04. The number of carbonyl (C=O) groups is 2. The number of carboxylic acid groups (broad SMARTS) is 1. The molecule has 2 aromatic rings. The molecule has 1 amide bonds. The van der Waals surface area contributed by atoms with Crippen molar-refractivity contribution in [3.8, 4) is 11.5 Å². The van der Waals surface area contributed by atoms with Crippen molar-refractivity contribution in [1.82, 2.24) is 5.32 Å². The molecule has 0 aromatic heterocycles. The van der Waals surface area contributed by atoms with Crippen LogP contribution in [0.1, 0.15) is 24.5 Å². The number of halogens is 1. The smallest absolute Gasteiger partial charge is 0.334 e. The molecule has 0 saturated carbocycles. The van der Waals surface area contributed by atoms with Crippen molar-refractivity contribution < 1.29 is 24.2 Å². The van der Waals surface area contributed by atoms with Crippen LogP contribution < -0.4 is 14.8 Å². The van der Waals surface area contributed by atoms with Gasteiger partial charge >= 0.3 is 5.97 Å². The summed E-state index contributed by atoms with van der Waals surface area (Å²) >= 11 is 5.89. The van der Waals surface area contributed by atoms with Gasteiger partial charge in [0.15, 0.2) is 17.0 Å². The third-order valence-electron chi connectivity index (χ3n) is 4.39. The Morgan fingerprint density at radius 3 is 2.50 bits per heavy atom. The van der Waals surface area contributed by atoms with E-state index < -0.39 is 17.4 Å². The van der Waals surface area contributed by atoms with Gasteiger partial charge in [-0.25, -0.2) is 4.79 Å². The number of nitrogens with one attached hydrogen (secondary N) is 1. The third kappa shape index (κ3) is 3.46. The van der Waals surface area contributed by atoms with Crippen LogP contribution in [0.4, 0.5) is 0 Å². The maximum absolute atomic E-state index is 12.6. The molecule has 0 bridgehead atoms. The number of amides is 1. The Morgan fingerprint density at radius 2 is 1.85 bits per heavy atom. The van der Waals surface area contributed by atoms with Crippen molar-refractivity contribution >= 4 is 23.5 Å². The number of benzene rings is 2. The molecule has 0 radical (unpaired) electrons.